The second kappa shape index (κ2) is 2.43. The van der Waals surface area contributed by atoms with E-state index in [1.165, 1.54) is 12.2 Å². The Bertz CT molecular complexity index is 240. The van der Waals surface area contributed by atoms with Gasteiger partial charge in [0, 0.05) is 0 Å². The fourth-order valence-corrected chi connectivity index (χ4v) is 0.685. The Balaban J connectivity index is 2.92. The van der Waals surface area contributed by atoms with Crippen LogP contribution in [0.25, 0.3) is 0 Å². The summed E-state index contributed by atoms with van der Waals surface area (Å²) < 4.78 is 0. The molecule has 0 aliphatic heterocycles. The van der Waals surface area contributed by atoms with Crippen molar-refractivity contribution in [2.24, 2.45) is 10.9 Å². The van der Waals surface area contributed by atoms with E-state index >= 15 is 0 Å². The lowest BCUT2D eigenvalue weighted by molar-refractivity contribution is -0.116. The molecule has 0 spiro atoms. The van der Waals surface area contributed by atoms with Crippen LogP contribution in [0, 0.1) is 0 Å². The molecule has 1 aliphatic carbocycles. The van der Waals surface area contributed by atoms with Gasteiger partial charge in [-0.2, -0.15) is 5.10 Å². The largest absolute Gasteiger partial charge is 0.323 e. The summed E-state index contributed by atoms with van der Waals surface area (Å²) in [5, 5.41) is 3.17. The Kier molecular flexibility index (Phi) is 1.62. The van der Waals surface area contributed by atoms with Crippen molar-refractivity contribution in [1.29, 1.82) is 0 Å². The molecule has 0 aromatic rings. The van der Waals surface area contributed by atoms with Crippen LogP contribution in [-0.2, 0) is 9.59 Å². The van der Waals surface area contributed by atoms with Gasteiger partial charge in [0.05, 0.1) is 6.42 Å². The van der Waals surface area contributed by atoms with Crippen molar-refractivity contribution in [1.82, 2.24) is 0 Å². The van der Waals surface area contributed by atoms with E-state index < -0.39 is 0 Å². The molecular weight excluding hydrogens is 132 g/mol. The standard InChI is InChI=1S/C6H6N2O2/c7-8-5-3-4(9)1-2-6(5)10/h1-2H,3,7H2. The van der Waals surface area contributed by atoms with Gasteiger partial charge in [0.2, 0.25) is 5.78 Å². The minimum Gasteiger partial charge on any atom is -0.323 e. The van der Waals surface area contributed by atoms with Crippen LogP contribution < -0.4 is 5.84 Å². The third-order valence-corrected chi connectivity index (χ3v) is 1.20. The molecular formula is C6H6N2O2. The minimum atomic E-state index is -0.276. The molecule has 0 saturated carbocycles. The highest BCUT2D eigenvalue weighted by atomic mass is 16.1. The molecule has 1 rings (SSSR count). The lowest BCUT2D eigenvalue weighted by Gasteiger charge is -2.01. The van der Waals surface area contributed by atoms with Gasteiger partial charge in [-0.25, -0.2) is 0 Å². The van der Waals surface area contributed by atoms with Crippen LogP contribution in [0.4, 0.5) is 0 Å². The van der Waals surface area contributed by atoms with E-state index in [-0.39, 0.29) is 23.7 Å². The van der Waals surface area contributed by atoms with Gasteiger partial charge in [-0.3, -0.25) is 9.59 Å². The van der Waals surface area contributed by atoms with Gasteiger partial charge in [-0.05, 0) is 12.2 Å². The van der Waals surface area contributed by atoms with Gasteiger partial charge in [-0.1, -0.05) is 0 Å². The van der Waals surface area contributed by atoms with Gasteiger partial charge in [-0.15, -0.1) is 0 Å². The quantitative estimate of drug-likeness (QED) is 0.359. The van der Waals surface area contributed by atoms with Crippen molar-refractivity contribution in [2.75, 3.05) is 0 Å². The fourth-order valence-electron chi connectivity index (χ4n) is 0.685. The number of carbonyl (C=O) groups excluding carboxylic acids is 2. The molecule has 52 valence electrons. The second-order valence-corrected chi connectivity index (χ2v) is 1.92. The number of hydrogen-bond donors (Lipinski definition) is 1. The predicted molar refractivity (Wildman–Crippen MR) is 35.4 cm³/mol. The molecule has 1 aliphatic rings. The molecule has 0 aromatic heterocycles. The van der Waals surface area contributed by atoms with E-state index in [1.54, 1.807) is 0 Å². The van der Waals surface area contributed by atoms with Crippen molar-refractivity contribution in [3.05, 3.63) is 12.2 Å². The topological polar surface area (TPSA) is 72.5 Å². The molecule has 0 atom stereocenters. The summed E-state index contributed by atoms with van der Waals surface area (Å²) in [6.07, 6.45) is 2.44. The number of nitrogens with two attached hydrogens (primary N) is 1. The van der Waals surface area contributed by atoms with Crippen LogP contribution in [0.3, 0.4) is 0 Å². The zero-order valence-electron chi connectivity index (χ0n) is 5.20. The summed E-state index contributed by atoms with van der Waals surface area (Å²) in [7, 11) is 0. The van der Waals surface area contributed by atoms with Gasteiger partial charge >= 0.3 is 0 Å². The first-order valence-electron chi connectivity index (χ1n) is 2.76. The second-order valence-electron chi connectivity index (χ2n) is 1.92. The smallest absolute Gasteiger partial charge is 0.202 e. The summed E-state index contributed by atoms with van der Waals surface area (Å²) in [6, 6.07) is 0. The molecule has 2 N–H and O–H groups in total. The molecule has 0 amide bonds. The summed E-state index contributed by atoms with van der Waals surface area (Å²) in [5.74, 6) is 4.43. The fraction of sp³-hybridized carbons (Fsp3) is 0.167. The molecule has 10 heavy (non-hydrogen) atoms. The van der Waals surface area contributed by atoms with Crippen molar-refractivity contribution in [2.45, 2.75) is 6.42 Å². The average molecular weight is 138 g/mol. The third-order valence-electron chi connectivity index (χ3n) is 1.20. The van der Waals surface area contributed by atoms with Crippen molar-refractivity contribution >= 4 is 17.3 Å². The van der Waals surface area contributed by atoms with E-state index in [9.17, 15) is 9.59 Å². The highest BCUT2D eigenvalue weighted by Crippen LogP contribution is 1.99. The molecule has 0 bridgehead atoms. The van der Waals surface area contributed by atoms with Crippen LogP contribution in [0.5, 0.6) is 0 Å². The van der Waals surface area contributed by atoms with Crippen LogP contribution in [-0.4, -0.2) is 17.3 Å². The lowest BCUT2D eigenvalue weighted by atomic mass is 10.0. The molecule has 0 saturated heterocycles. The monoisotopic (exact) mass is 138 g/mol. The number of allylic oxidation sites excluding steroid dienone is 2. The van der Waals surface area contributed by atoms with E-state index in [4.69, 9.17) is 5.84 Å². The summed E-state index contributed by atoms with van der Waals surface area (Å²) in [4.78, 5) is 21.3. The van der Waals surface area contributed by atoms with E-state index in [0.717, 1.165) is 0 Å². The Morgan fingerprint density at radius 1 is 1.40 bits per heavy atom. The molecule has 0 radical (unpaired) electrons. The van der Waals surface area contributed by atoms with Crippen LogP contribution >= 0.6 is 0 Å². The number of carbonyl (C=O) groups is 2. The number of hydrogen-bond acceptors (Lipinski definition) is 4. The van der Waals surface area contributed by atoms with E-state index in [2.05, 4.69) is 5.10 Å². The summed E-state index contributed by atoms with van der Waals surface area (Å²) >= 11 is 0. The highest BCUT2D eigenvalue weighted by molar-refractivity contribution is 6.49. The number of nitrogens with zero attached hydrogens (tertiary/aromatic N) is 1. The van der Waals surface area contributed by atoms with Crippen molar-refractivity contribution < 1.29 is 9.59 Å². The Morgan fingerprint density at radius 2 is 2.10 bits per heavy atom. The first-order chi connectivity index (χ1) is 4.74. The summed E-state index contributed by atoms with van der Waals surface area (Å²) in [6.45, 7) is 0. The molecule has 4 nitrogen and oxygen atoms in total. The van der Waals surface area contributed by atoms with Crippen LogP contribution in [0.2, 0.25) is 0 Å². The number of ketones is 2. The van der Waals surface area contributed by atoms with Gasteiger partial charge < -0.3 is 5.84 Å². The van der Waals surface area contributed by atoms with E-state index in [0.29, 0.717) is 0 Å². The molecule has 0 heterocycles. The van der Waals surface area contributed by atoms with Gasteiger partial charge in [0.25, 0.3) is 0 Å². The Morgan fingerprint density at radius 3 is 2.60 bits per heavy atom. The first kappa shape index (κ1) is 6.67. The molecule has 0 fully saturated rings. The van der Waals surface area contributed by atoms with Gasteiger partial charge in [0.1, 0.15) is 5.71 Å². The Labute approximate surface area is 57.4 Å². The number of hydrazone groups is 1. The maximum Gasteiger partial charge on any atom is 0.202 e. The predicted octanol–water partition coefficient (Wildman–Crippen LogP) is -0.601. The third kappa shape index (κ3) is 1.10. The van der Waals surface area contributed by atoms with Crippen LogP contribution in [0.15, 0.2) is 17.3 Å². The zero-order chi connectivity index (χ0) is 7.56. The molecule has 4 heteroatoms. The molecule has 0 aromatic carbocycles. The van der Waals surface area contributed by atoms with Crippen molar-refractivity contribution in [3.8, 4) is 0 Å². The lowest BCUT2D eigenvalue weighted by Crippen LogP contribution is -2.21. The maximum atomic E-state index is 10.7. The average Bonchev–Trinajstić information content (AvgIpc) is 1.94. The molecule has 0 unspecified atom stereocenters. The summed E-state index contributed by atoms with van der Waals surface area (Å²) in [5.41, 5.74) is 0.132. The number of rotatable bonds is 0. The zero-order valence-corrected chi connectivity index (χ0v) is 5.20. The first-order valence-corrected chi connectivity index (χ1v) is 2.76. The Hall–Kier alpha value is -1.45. The normalized spacial score (nSPS) is 22.2. The SMILES string of the molecule is NN=C1CC(=O)C=CC1=O. The van der Waals surface area contributed by atoms with E-state index in [1.807, 2.05) is 0 Å². The maximum absolute atomic E-state index is 10.7. The van der Waals surface area contributed by atoms with Crippen molar-refractivity contribution in [3.63, 3.8) is 0 Å². The van der Waals surface area contributed by atoms with Gasteiger partial charge in [0.15, 0.2) is 5.78 Å². The minimum absolute atomic E-state index is 0.0336. The van der Waals surface area contributed by atoms with Crippen LogP contribution in [0.1, 0.15) is 6.42 Å². The highest BCUT2D eigenvalue weighted by Gasteiger charge is 2.16.